The number of ether oxygens (including phenoxy) is 1. The van der Waals surface area contributed by atoms with Gasteiger partial charge in [0.2, 0.25) is 5.82 Å². The normalized spacial score (nSPS) is 17.1. The quantitative estimate of drug-likeness (QED) is 0.138. The number of hydrogen-bond donors (Lipinski definition) is 0. The Morgan fingerprint density at radius 3 is 2.08 bits per heavy atom. The Morgan fingerprint density at radius 2 is 1.39 bits per heavy atom. The fourth-order valence-electron chi connectivity index (χ4n) is 5.06. The second-order valence-electron chi connectivity index (χ2n) is 10.3. The third-order valence-corrected chi connectivity index (χ3v) is 7.51. The van der Waals surface area contributed by atoms with Crippen LogP contribution in [0.4, 0.5) is 17.6 Å². The first-order valence-corrected chi connectivity index (χ1v) is 13.7. The van der Waals surface area contributed by atoms with Crippen LogP contribution in [-0.2, 0) is 6.42 Å². The Bertz CT molecular complexity index is 1250. The summed E-state index contributed by atoms with van der Waals surface area (Å²) in [5.41, 5.74) is 2.11. The lowest BCUT2D eigenvalue weighted by Crippen LogP contribution is -2.15. The molecule has 1 aliphatic carbocycles. The second-order valence-corrected chi connectivity index (χ2v) is 10.3. The van der Waals surface area contributed by atoms with Crippen molar-refractivity contribution in [1.29, 1.82) is 0 Å². The summed E-state index contributed by atoms with van der Waals surface area (Å²) in [5.74, 6) is -4.54. The first-order chi connectivity index (χ1) is 18.4. The molecule has 0 aromatic heterocycles. The molecule has 0 N–H and O–H groups in total. The average Bonchev–Trinajstić information content (AvgIpc) is 2.94. The lowest BCUT2D eigenvalue weighted by atomic mass is 9.84. The number of halogens is 4. The van der Waals surface area contributed by atoms with Gasteiger partial charge in [0.1, 0.15) is 0 Å². The summed E-state index contributed by atoms with van der Waals surface area (Å²) in [4.78, 5) is 0. The molecule has 2 unspecified atom stereocenters. The minimum absolute atomic E-state index is 0.0828. The van der Waals surface area contributed by atoms with Crippen LogP contribution in [0.25, 0.3) is 11.1 Å². The maximum Gasteiger partial charge on any atom is 0.201 e. The standard InChI is InChI=1S/C33H36F4O/c1-3-4-5-6-7-8-23-10-14-25(15-11-23)26-16-12-24(13-17-26)21-38-29-20-19-28(32(36)33(29)37)27-18-9-22(2)30(34)31(27)35/h9-12,14-16,18-20,24,26H,3-8,13,17,21H2,1-2H3. The molecule has 0 spiro atoms. The van der Waals surface area contributed by atoms with Gasteiger partial charge < -0.3 is 4.74 Å². The van der Waals surface area contributed by atoms with Crippen LogP contribution in [0.3, 0.4) is 0 Å². The van der Waals surface area contributed by atoms with Gasteiger partial charge in [-0.15, -0.1) is 0 Å². The number of aryl methyl sites for hydroxylation is 2. The van der Waals surface area contributed by atoms with Crippen molar-refractivity contribution in [2.45, 2.75) is 71.1 Å². The van der Waals surface area contributed by atoms with Crippen LogP contribution < -0.4 is 4.74 Å². The van der Waals surface area contributed by atoms with E-state index in [2.05, 4.69) is 43.3 Å². The molecule has 5 heteroatoms. The molecule has 0 aliphatic heterocycles. The predicted molar refractivity (Wildman–Crippen MR) is 145 cm³/mol. The van der Waals surface area contributed by atoms with Gasteiger partial charge in [-0.05, 0) is 61.4 Å². The molecular weight excluding hydrogens is 488 g/mol. The summed E-state index contributed by atoms with van der Waals surface area (Å²) in [5, 5.41) is 0. The molecule has 4 rings (SSSR count). The summed E-state index contributed by atoms with van der Waals surface area (Å²) < 4.78 is 63.3. The Morgan fingerprint density at radius 1 is 0.711 bits per heavy atom. The molecule has 1 nitrogen and oxygen atoms in total. The zero-order chi connectivity index (χ0) is 27.1. The molecule has 3 aromatic carbocycles. The van der Waals surface area contributed by atoms with E-state index in [0.29, 0.717) is 5.92 Å². The molecular formula is C33H36F4O. The van der Waals surface area contributed by atoms with Crippen molar-refractivity contribution in [3.8, 4) is 16.9 Å². The van der Waals surface area contributed by atoms with Crippen molar-refractivity contribution in [3.05, 3.63) is 101 Å². The molecule has 3 aromatic rings. The van der Waals surface area contributed by atoms with Gasteiger partial charge in [-0.1, -0.05) is 81.2 Å². The molecule has 0 radical (unpaired) electrons. The number of allylic oxidation sites excluding steroid dienone is 1. The van der Waals surface area contributed by atoms with E-state index in [4.69, 9.17) is 4.74 Å². The lowest BCUT2D eigenvalue weighted by molar-refractivity contribution is 0.247. The van der Waals surface area contributed by atoms with Crippen molar-refractivity contribution in [1.82, 2.24) is 0 Å². The first kappa shape index (κ1) is 27.9. The van der Waals surface area contributed by atoms with E-state index in [-0.39, 0.29) is 35.0 Å². The molecule has 0 heterocycles. The van der Waals surface area contributed by atoms with Gasteiger partial charge in [0.05, 0.1) is 6.61 Å². The molecule has 0 saturated carbocycles. The summed E-state index contributed by atoms with van der Waals surface area (Å²) in [6, 6.07) is 14.0. The smallest absolute Gasteiger partial charge is 0.201 e. The fourth-order valence-corrected chi connectivity index (χ4v) is 5.06. The second kappa shape index (κ2) is 13.1. The van der Waals surface area contributed by atoms with Crippen molar-refractivity contribution in [3.63, 3.8) is 0 Å². The number of hydrogen-bond acceptors (Lipinski definition) is 1. The lowest BCUT2D eigenvalue weighted by Gasteiger charge is -2.23. The van der Waals surface area contributed by atoms with Crippen LogP contribution in [0, 0.1) is 36.1 Å². The minimum Gasteiger partial charge on any atom is -0.490 e. The predicted octanol–water partition coefficient (Wildman–Crippen LogP) is 9.86. The minimum atomic E-state index is -1.26. The summed E-state index contributed by atoms with van der Waals surface area (Å²) in [6.45, 7) is 3.85. The highest BCUT2D eigenvalue weighted by atomic mass is 19.2. The Labute approximate surface area is 223 Å². The average molecular weight is 525 g/mol. The molecule has 0 fully saturated rings. The number of rotatable bonds is 11. The highest BCUT2D eigenvalue weighted by Gasteiger charge is 2.22. The van der Waals surface area contributed by atoms with E-state index in [1.54, 1.807) is 0 Å². The SMILES string of the molecule is CCCCCCCc1ccc(C2C=CC(COc3ccc(-c4ccc(C)c(F)c4F)c(F)c3F)CC2)cc1. The van der Waals surface area contributed by atoms with Crippen LogP contribution >= 0.6 is 0 Å². The van der Waals surface area contributed by atoms with Crippen LogP contribution in [-0.4, -0.2) is 6.61 Å². The monoisotopic (exact) mass is 524 g/mol. The maximum absolute atomic E-state index is 14.8. The topological polar surface area (TPSA) is 9.23 Å². The van der Waals surface area contributed by atoms with Crippen molar-refractivity contribution in [2.75, 3.05) is 6.61 Å². The highest BCUT2D eigenvalue weighted by molar-refractivity contribution is 5.66. The zero-order valence-corrected chi connectivity index (χ0v) is 22.2. The number of unbranched alkanes of at least 4 members (excludes halogenated alkanes) is 4. The summed E-state index contributed by atoms with van der Waals surface area (Å²) in [6.07, 6.45) is 13.6. The van der Waals surface area contributed by atoms with Crippen molar-refractivity contribution in [2.24, 2.45) is 5.92 Å². The van der Waals surface area contributed by atoms with E-state index in [9.17, 15) is 17.6 Å². The molecule has 38 heavy (non-hydrogen) atoms. The Hall–Kier alpha value is -3.08. The van der Waals surface area contributed by atoms with E-state index >= 15 is 0 Å². The van der Waals surface area contributed by atoms with E-state index < -0.39 is 23.3 Å². The molecule has 0 saturated heterocycles. The van der Waals surface area contributed by atoms with Gasteiger partial charge in [0.25, 0.3) is 0 Å². The van der Waals surface area contributed by atoms with Gasteiger partial charge >= 0.3 is 0 Å². The molecule has 1 aliphatic rings. The third-order valence-electron chi connectivity index (χ3n) is 7.51. The van der Waals surface area contributed by atoms with Crippen LogP contribution in [0.2, 0.25) is 0 Å². The number of benzene rings is 3. The molecule has 202 valence electrons. The van der Waals surface area contributed by atoms with Crippen LogP contribution in [0.1, 0.15) is 74.5 Å². The van der Waals surface area contributed by atoms with Crippen molar-refractivity contribution >= 4 is 0 Å². The van der Waals surface area contributed by atoms with Crippen LogP contribution in [0.5, 0.6) is 5.75 Å². The fraction of sp³-hybridized carbons (Fsp3) is 0.394. The van der Waals surface area contributed by atoms with E-state index in [0.717, 1.165) is 19.3 Å². The first-order valence-electron chi connectivity index (χ1n) is 13.7. The van der Waals surface area contributed by atoms with Crippen LogP contribution in [0.15, 0.2) is 60.7 Å². The summed E-state index contributed by atoms with van der Waals surface area (Å²) in [7, 11) is 0. The maximum atomic E-state index is 14.8. The van der Waals surface area contributed by atoms with E-state index in [1.807, 2.05) is 0 Å². The molecule has 0 bridgehead atoms. The van der Waals surface area contributed by atoms with Gasteiger partial charge in [-0.2, -0.15) is 4.39 Å². The van der Waals surface area contributed by atoms with E-state index in [1.165, 1.54) is 74.4 Å². The van der Waals surface area contributed by atoms with Crippen molar-refractivity contribution < 1.29 is 22.3 Å². The summed E-state index contributed by atoms with van der Waals surface area (Å²) >= 11 is 0. The molecule has 0 amide bonds. The van der Waals surface area contributed by atoms with Gasteiger partial charge in [0.15, 0.2) is 23.2 Å². The van der Waals surface area contributed by atoms with Gasteiger partial charge in [0, 0.05) is 23.0 Å². The van der Waals surface area contributed by atoms with Gasteiger partial charge in [-0.3, -0.25) is 0 Å². The molecule has 2 atom stereocenters. The third kappa shape index (κ3) is 6.67. The highest BCUT2D eigenvalue weighted by Crippen LogP contribution is 2.34. The Balaban J connectivity index is 1.32. The largest absolute Gasteiger partial charge is 0.490 e. The Kier molecular flexibility index (Phi) is 9.65. The zero-order valence-electron chi connectivity index (χ0n) is 22.2. The van der Waals surface area contributed by atoms with Gasteiger partial charge in [-0.25, -0.2) is 13.2 Å².